The third-order valence-electron chi connectivity index (χ3n) is 3.65. The largest absolute Gasteiger partial charge is 0.320 e. The van der Waals surface area contributed by atoms with Gasteiger partial charge in [-0.15, -0.1) is 0 Å². The van der Waals surface area contributed by atoms with Crippen molar-refractivity contribution in [2.45, 2.75) is 40.0 Å². The van der Waals surface area contributed by atoms with E-state index < -0.39 is 0 Å². The van der Waals surface area contributed by atoms with Crippen LogP contribution in [-0.2, 0) is 0 Å². The van der Waals surface area contributed by atoms with Gasteiger partial charge in [-0.2, -0.15) is 0 Å². The zero-order valence-electron chi connectivity index (χ0n) is 11.0. The van der Waals surface area contributed by atoms with Gasteiger partial charge in [0.2, 0.25) is 0 Å². The summed E-state index contributed by atoms with van der Waals surface area (Å²) in [7, 11) is 2.03. The van der Waals surface area contributed by atoms with Gasteiger partial charge in [0.15, 0.2) is 0 Å². The van der Waals surface area contributed by atoms with Crippen LogP contribution in [0.2, 0.25) is 0 Å². The highest BCUT2D eigenvalue weighted by atomic mass is 15.1. The van der Waals surface area contributed by atoms with Crippen LogP contribution < -0.4 is 5.32 Å². The summed E-state index contributed by atoms with van der Waals surface area (Å²) < 4.78 is 0. The maximum atomic E-state index is 3.21. The van der Waals surface area contributed by atoms with E-state index in [1.807, 2.05) is 7.05 Å². The summed E-state index contributed by atoms with van der Waals surface area (Å²) in [6, 6.07) is 0. The van der Waals surface area contributed by atoms with Gasteiger partial charge in [-0.1, -0.05) is 20.8 Å². The summed E-state index contributed by atoms with van der Waals surface area (Å²) in [4.78, 5) is 2.64. The van der Waals surface area contributed by atoms with E-state index in [4.69, 9.17) is 0 Å². The summed E-state index contributed by atoms with van der Waals surface area (Å²) in [6.07, 6.45) is 4.06. The van der Waals surface area contributed by atoms with E-state index in [9.17, 15) is 0 Å². The van der Waals surface area contributed by atoms with Crippen LogP contribution in [0.25, 0.3) is 0 Å². The van der Waals surface area contributed by atoms with E-state index >= 15 is 0 Å². The van der Waals surface area contributed by atoms with Gasteiger partial charge in [-0.05, 0) is 57.3 Å². The molecule has 90 valence electrons. The lowest BCUT2D eigenvalue weighted by atomic mass is 9.80. The maximum Gasteiger partial charge on any atom is 0.00151 e. The molecule has 1 rings (SSSR count). The Bertz CT molecular complexity index is 172. The second-order valence-electron chi connectivity index (χ2n) is 5.96. The molecule has 1 aliphatic rings. The average molecular weight is 212 g/mol. The quantitative estimate of drug-likeness (QED) is 0.704. The molecule has 0 aromatic heterocycles. The van der Waals surface area contributed by atoms with Crippen LogP contribution in [0.3, 0.4) is 0 Å². The van der Waals surface area contributed by atoms with Crippen LogP contribution in [0.4, 0.5) is 0 Å². The summed E-state index contributed by atoms with van der Waals surface area (Å²) in [5.41, 5.74) is 0.500. The molecule has 1 unspecified atom stereocenters. The molecule has 15 heavy (non-hydrogen) atoms. The molecule has 1 fully saturated rings. The Kier molecular flexibility index (Phi) is 5.07. The molecule has 0 bridgehead atoms. The first kappa shape index (κ1) is 13.0. The van der Waals surface area contributed by atoms with E-state index in [1.165, 1.54) is 38.9 Å². The van der Waals surface area contributed by atoms with Crippen LogP contribution in [-0.4, -0.2) is 38.1 Å². The highest BCUT2D eigenvalue weighted by Gasteiger charge is 2.31. The Morgan fingerprint density at radius 2 is 2.00 bits per heavy atom. The minimum Gasteiger partial charge on any atom is -0.320 e. The number of rotatable bonds is 5. The normalized spacial score (nSPS) is 23.6. The average Bonchev–Trinajstić information content (AvgIpc) is 2.60. The molecule has 1 N–H and O–H groups in total. The summed E-state index contributed by atoms with van der Waals surface area (Å²) in [5, 5.41) is 3.21. The summed E-state index contributed by atoms with van der Waals surface area (Å²) >= 11 is 0. The predicted octanol–water partition coefficient (Wildman–Crippen LogP) is 2.35. The predicted molar refractivity (Wildman–Crippen MR) is 67.2 cm³/mol. The molecule has 1 heterocycles. The van der Waals surface area contributed by atoms with Gasteiger partial charge in [0.25, 0.3) is 0 Å². The molecule has 1 aliphatic heterocycles. The van der Waals surface area contributed by atoms with E-state index in [-0.39, 0.29) is 0 Å². The SMILES string of the molecule is CNCCCCN1CCC(C(C)(C)C)C1. The number of hydrogen-bond donors (Lipinski definition) is 1. The maximum absolute atomic E-state index is 3.21. The van der Waals surface area contributed by atoms with Crippen molar-refractivity contribution < 1.29 is 0 Å². The lowest BCUT2D eigenvalue weighted by molar-refractivity contribution is 0.228. The molecule has 0 aromatic carbocycles. The van der Waals surface area contributed by atoms with Gasteiger partial charge < -0.3 is 10.2 Å². The number of hydrogen-bond acceptors (Lipinski definition) is 2. The Balaban J connectivity index is 2.14. The molecule has 0 aliphatic carbocycles. The molecule has 1 saturated heterocycles. The number of unbranched alkanes of at least 4 members (excludes halogenated alkanes) is 1. The van der Waals surface area contributed by atoms with Crippen molar-refractivity contribution in [3.8, 4) is 0 Å². The van der Waals surface area contributed by atoms with Gasteiger partial charge in [0, 0.05) is 6.54 Å². The van der Waals surface area contributed by atoms with Gasteiger partial charge in [-0.3, -0.25) is 0 Å². The van der Waals surface area contributed by atoms with Crippen LogP contribution in [0.5, 0.6) is 0 Å². The van der Waals surface area contributed by atoms with Gasteiger partial charge in [-0.25, -0.2) is 0 Å². The molecule has 2 nitrogen and oxygen atoms in total. The zero-order valence-corrected chi connectivity index (χ0v) is 11.0. The summed E-state index contributed by atoms with van der Waals surface area (Å²) in [6.45, 7) is 12.2. The summed E-state index contributed by atoms with van der Waals surface area (Å²) in [5.74, 6) is 0.904. The lowest BCUT2D eigenvalue weighted by Gasteiger charge is -2.27. The minimum atomic E-state index is 0.500. The molecule has 0 aromatic rings. The van der Waals surface area contributed by atoms with Crippen molar-refractivity contribution >= 4 is 0 Å². The van der Waals surface area contributed by atoms with Crippen molar-refractivity contribution in [2.75, 3.05) is 33.2 Å². The Morgan fingerprint density at radius 1 is 1.27 bits per heavy atom. The fraction of sp³-hybridized carbons (Fsp3) is 1.00. The first-order valence-corrected chi connectivity index (χ1v) is 6.41. The molecule has 0 amide bonds. The molecule has 2 heteroatoms. The van der Waals surface area contributed by atoms with Crippen molar-refractivity contribution in [1.82, 2.24) is 10.2 Å². The first-order chi connectivity index (χ1) is 7.04. The van der Waals surface area contributed by atoms with E-state index in [1.54, 1.807) is 0 Å². The molecular formula is C13H28N2. The minimum absolute atomic E-state index is 0.500. The second kappa shape index (κ2) is 5.86. The highest BCUT2D eigenvalue weighted by Crippen LogP contribution is 2.33. The Hall–Kier alpha value is -0.0800. The van der Waals surface area contributed by atoms with Crippen LogP contribution >= 0.6 is 0 Å². The van der Waals surface area contributed by atoms with Crippen molar-refractivity contribution in [3.05, 3.63) is 0 Å². The van der Waals surface area contributed by atoms with Crippen molar-refractivity contribution in [3.63, 3.8) is 0 Å². The monoisotopic (exact) mass is 212 g/mol. The number of nitrogens with one attached hydrogen (secondary N) is 1. The molecule has 0 spiro atoms. The van der Waals surface area contributed by atoms with E-state index in [0.717, 1.165) is 12.5 Å². The molecular weight excluding hydrogens is 184 g/mol. The van der Waals surface area contributed by atoms with E-state index in [2.05, 4.69) is 31.0 Å². The Labute approximate surface area is 95.4 Å². The smallest absolute Gasteiger partial charge is 0.00151 e. The third-order valence-corrected chi connectivity index (χ3v) is 3.65. The van der Waals surface area contributed by atoms with Crippen LogP contribution in [0, 0.1) is 11.3 Å². The lowest BCUT2D eigenvalue weighted by Crippen LogP contribution is -2.27. The molecule has 1 atom stereocenters. The van der Waals surface area contributed by atoms with Crippen molar-refractivity contribution in [1.29, 1.82) is 0 Å². The fourth-order valence-electron chi connectivity index (χ4n) is 2.38. The van der Waals surface area contributed by atoms with Crippen molar-refractivity contribution in [2.24, 2.45) is 11.3 Å². The molecule has 0 saturated carbocycles. The standard InChI is InChI=1S/C13H28N2/c1-13(2,3)12-7-10-15(11-12)9-6-5-8-14-4/h12,14H,5-11H2,1-4H3. The van der Waals surface area contributed by atoms with E-state index in [0.29, 0.717) is 5.41 Å². The number of likely N-dealkylation sites (tertiary alicyclic amines) is 1. The topological polar surface area (TPSA) is 15.3 Å². The zero-order chi connectivity index (χ0) is 11.3. The van der Waals surface area contributed by atoms with Crippen LogP contribution in [0.1, 0.15) is 40.0 Å². The second-order valence-corrected chi connectivity index (χ2v) is 5.96. The third kappa shape index (κ3) is 4.52. The van der Waals surface area contributed by atoms with Gasteiger partial charge in [0.1, 0.15) is 0 Å². The highest BCUT2D eigenvalue weighted by molar-refractivity contribution is 4.83. The molecule has 0 radical (unpaired) electrons. The first-order valence-electron chi connectivity index (χ1n) is 6.41. The number of nitrogens with zero attached hydrogens (tertiary/aromatic N) is 1. The van der Waals surface area contributed by atoms with Gasteiger partial charge in [0.05, 0.1) is 0 Å². The van der Waals surface area contributed by atoms with Gasteiger partial charge >= 0.3 is 0 Å². The fourth-order valence-corrected chi connectivity index (χ4v) is 2.38. The Morgan fingerprint density at radius 3 is 2.53 bits per heavy atom. The van der Waals surface area contributed by atoms with Crippen LogP contribution in [0.15, 0.2) is 0 Å².